The van der Waals surface area contributed by atoms with E-state index in [9.17, 15) is 18.0 Å². The van der Waals surface area contributed by atoms with Gasteiger partial charge in [-0.25, -0.2) is 9.78 Å². The third-order valence-corrected chi connectivity index (χ3v) is 2.76. The van der Waals surface area contributed by atoms with Crippen molar-refractivity contribution < 1.29 is 23.1 Å². The minimum atomic E-state index is -4.88. The number of hydrogen-bond acceptors (Lipinski definition) is 3. The first-order chi connectivity index (χ1) is 8.22. The van der Waals surface area contributed by atoms with Crippen molar-refractivity contribution in [1.29, 1.82) is 0 Å². The molecule has 1 aromatic rings. The number of carboxylic acids is 1. The maximum Gasteiger partial charge on any atom is 0.417 e. The number of carboxylic acid groups (broad SMARTS) is 1. The number of hydrogen-bond donors (Lipinski definition) is 2. The molecule has 0 amide bonds. The summed E-state index contributed by atoms with van der Waals surface area (Å²) in [6.45, 7) is 2.73. The molecular formula is C10H14F3N3O2. The van der Waals surface area contributed by atoms with Gasteiger partial charge in [-0.05, 0) is 13.8 Å². The van der Waals surface area contributed by atoms with E-state index in [2.05, 4.69) is 4.98 Å². The molecule has 2 N–H and O–H groups in total. The number of rotatable bonds is 5. The first-order valence-corrected chi connectivity index (χ1v) is 5.26. The normalized spacial score (nSPS) is 15.4. The highest BCUT2D eigenvalue weighted by molar-refractivity contribution is 5.79. The standard InChI is InChI=1S/C10H14F3N3O2/c1-3-16-6-14-4-7(16)5-15-9(2,8(17)18)10(11,12)13/h4,6,15H,3,5H2,1-2H3,(H,17,18). The van der Waals surface area contributed by atoms with Crippen LogP contribution in [0.4, 0.5) is 13.2 Å². The van der Waals surface area contributed by atoms with Gasteiger partial charge in [0.1, 0.15) is 0 Å². The van der Waals surface area contributed by atoms with Gasteiger partial charge in [0, 0.05) is 19.3 Å². The number of aryl methyl sites for hydroxylation is 1. The van der Waals surface area contributed by atoms with Crippen molar-refractivity contribution in [1.82, 2.24) is 14.9 Å². The van der Waals surface area contributed by atoms with Crippen LogP contribution in [0.15, 0.2) is 12.5 Å². The molecule has 0 radical (unpaired) electrons. The summed E-state index contributed by atoms with van der Waals surface area (Å²) in [4.78, 5) is 14.6. The molecule has 1 atom stereocenters. The molecular weight excluding hydrogens is 251 g/mol. The zero-order valence-electron chi connectivity index (χ0n) is 9.95. The van der Waals surface area contributed by atoms with E-state index in [1.807, 2.05) is 12.2 Å². The van der Waals surface area contributed by atoms with E-state index in [-0.39, 0.29) is 6.54 Å². The molecule has 0 aliphatic heterocycles. The summed E-state index contributed by atoms with van der Waals surface area (Å²) >= 11 is 0. The molecule has 1 heterocycles. The zero-order valence-corrected chi connectivity index (χ0v) is 9.95. The minimum Gasteiger partial charge on any atom is -0.480 e. The molecule has 0 spiro atoms. The molecule has 0 bridgehead atoms. The topological polar surface area (TPSA) is 67.2 Å². The van der Waals surface area contributed by atoms with Crippen LogP contribution in [0.25, 0.3) is 0 Å². The van der Waals surface area contributed by atoms with Crippen LogP contribution in [-0.4, -0.2) is 32.3 Å². The fourth-order valence-electron chi connectivity index (χ4n) is 1.34. The van der Waals surface area contributed by atoms with Crippen LogP contribution in [0.2, 0.25) is 0 Å². The summed E-state index contributed by atoms with van der Waals surface area (Å²) in [6.07, 6.45) is -2.01. The van der Waals surface area contributed by atoms with Crippen LogP contribution in [0.1, 0.15) is 19.5 Å². The molecule has 0 fully saturated rings. The summed E-state index contributed by atoms with van der Waals surface area (Å²) in [5, 5.41) is 10.7. The second kappa shape index (κ2) is 4.97. The Balaban J connectivity index is 2.85. The molecule has 18 heavy (non-hydrogen) atoms. The molecule has 1 unspecified atom stereocenters. The molecule has 0 aliphatic carbocycles. The van der Waals surface area contributed by atoms with Crippen LogP contribution >= 0.6 is 0 Å². The van der Waals surface area contributed by atoms with Gasteiger partial charge in [-0.1, -0.05) is 0 Å². The highest BCUT2D eigenvalue weighted by Gasteiger charge is 2.57. The number of imidazole rings is 1. The monoisotopic (exact) mass is 265 g/mol. The Morgan fingerprint density at radius 1 is 1.56 bits per heavy atom. The van der Waals surface area contributed by atoms with Crippen molar-refractivity contribution >= 4 is 5.97 Å². The van der Waals surface area contributed by atoms with Gasteiger partial charge in [0.25, 0.3) is 0 Å². The average molecular weight is 265 g/mol. The smallest absolute Gasteiger partial charge is 0.417 e. The van der Waals surface area contributed by atoms with Crippen molar-refractivity contribution in [2.75, 3.05) is 0 Å². The van der Waals surface area contributed by atoms with Crippen molar-refractivity contribution in [2.24, 2.45) is 0 Å². The molecule has 1 aromatic heterocycles. The van der Waals surface area contributed by atoms with Gasteiger partial charge < -0.3 is 9.67 Å². The first-order valence-electron chi connectivity index (χ1n) is 5.26. The van der Waals surface area contributed by atoms with E-state index in [4.69, 9.17) is 5.11 Å². The van der Waals surface area contributed by atoms with Crippen LogP contribution < -0.4 is 5.32 Å². The van der Waals surface area contributed by atoms with Gasteiger partial charge in [0.15, 0.2) is 0 Å². The third kappa shape index (κ3) is 2.63. The Bertz CT molecular complexity index is 430. The number of aliphatic carboxylic acids is 1. The average Bonchev–Trinajstić information content (AvgIpc) is 2.71. The molecule has 5 nitrogen and oxygen atoms in total. The van der Waals surface area contributed by atoms with Gasteiger partial charge in [0.05, 0.1) is 12.0 Å². The Morgan fingerprint density at radius 2 is 2.17 bits per heavy atom. The Morgan fingerprint density at radius 3 is 2.61 bits per heavy atom. The van der Waals surface area contributed by atoms with Crippen molar-refractivity contribution in [3.8, 4) is 0 Å². The molecule has 0 saturated heterocycles. The SMILES string of the molecule is CCn1cncc1CNC(C)(C(=O)O)C(F)(F)F. The van der Waals surface area contributed by atoms with Crippen LogP contribution in [0.5, 0.6) is 0 Å². The zero-order chi connectivity index (χ0) is 14.0. The lowest BCUT2D eigenvalue weighted by molar-refractivity contribution is -0.206. The number of alkyl halides is 3. The lowest BCUT2D eigenvalue weighted by atomic mass is 10.0. The molecule has 102 valence electrons. The van der Waals surface area contributed by atoms with E-state index in [1.165, 1.54) is 12.5 Å². The molecule has 1 rings (SSSR count). The quantitative estimate of drug-likeness (QED) is 0.844. The fourth-order valence-corrected chi connectivity index (χ4v) is 1.34. The summed E-state index contributed by atoms with van der Waals surface area (Å²) in [7, 11) is 0. The third-order valence-electron chi connectivity index (χ3n) is 2.76. The number of nitrogens with one attached hydrogen (secondary N) is 1. The van der Waals surface area contributed by atoms with E-state index < -0.39 is 17.7 Å². The summed E-state index contributed by atoms with van der Waals surface area (Å²) in [6, 6.07) is 0. The predicted octanol–water partition coefficient (Wildman–Crippen LogP) is 1.40. The highest BCUT2D eigenvalue weighted by Crippen LogP contribution is 2.30. The number of nitrogens with zero attached hydrogens (tertiary/aromatic N) is 2. The maximum absolute atomic E-state index is 12.7. The van der Waals surface area contributed by atoms with Gasteiger partial charge >= 0.3 is 12.1 Å². The molecule has 0 aliphatic rings. The Hall–Kier alpha value is -1.57. The molecule has 0 aromatic carbocycles. The fraction of sp³-hybridized carbons (Fsp3) is 0.600. The second-order valence-corrected chi connectivity index (χ2v) is 3.95. The minimum absolute atomic E-state index is 0.226. The Labute approximate surface area is 102 Å². The number of halogens is 3. The van der Waals surface area contributed by atoms with Crippen molar-refractivity contribution in [3.05, 3.63) is 18.2 Å². The van der Waals surface area contributed by atoms with Crippen molar-refractivity contribution in [3.63, 3.8) is 0 Å². The summed E-state index contributed by atoms with van der Waals surface area (Å²) in [5.41, 5.74) is -2.48. The van der Waals surface area contributed by atoms with E-state index in [0.717, 1.165) is 0 Å². The van der Waals surface area contributed by atoms with E-state index in [0.29, 0.717) is 19.2 Å². The van der Waals surface area contributed by atoms with Gasteiger partial charge in [-0.15, -0.1) is 0 Å². The first kappa shape index (κ1) is 14.5. The summed E-state index contributed by atoms with van der Waals surface area (Å²) < 4.78 is 39.7. The van der Waals surface area contributed by atoms with Crippen LogP contribution in [0.3, 0.4) is 0 Å². The lowest BCUT2D eigenvalue weighted by Gasteiger charge is -2.28. The van der Waals surface area contributed by atoms with Gasteiger partial charge in [0.2, 0.25) is 5.54 Å². The maximum atomic E-state index is 12.7. The highest BCUT2D eigenvalue weighted by atomic mass is 19.4. The predicted molar refractivity (Wildman–Crippen MR) is 56.8 cm³/mol. The van der Waals surface area contributed by atoms with Crippen LogP contribution in [0, 0.1) is 0 Å². The Kier molecular flexibility index (Phi) is 4.00. The van der Waals surface area contributed by atoms with E-state index >= 15 is 0 Å². The number of carbonyl (C=O) groups is 1. The number of aromatic nitrogens is 2. The molecule has 0 saturated carbocycles. The van der Waals surface area contributed by atoms with Crippen LogP contribution in [-0.2, 0) is 17.9 Å². The van der Waals surface area contributed by atoms with Gasteiger partial charge in [-0.2, -0.15) is 13.2 Å². The second-order valence-electron chi connectivity index (χ2n) is 3.95. The largest absolute Gasteiger partial charge is 0.480 e. The van der Waals surface area contributed by atoms with Crippen molar-refractivity contribution in [2.45, 2.75) is 38.7 Å². The summed E-state index contributed by atoms with van der Waals surface area (Å²) in [5.74, 6) is -1.96. The lowest BCUT2D eigenvalue weighted by Crippen LogP contribution is -2.59. The van der Waals surface area contributed by atoms with Gasteiger partial charge in [-0.3, -0.25) is 5.32 Å². The van der Waals surface area contributed by atoms with E-state index in [1.54, 1.807) is 4.57 Å². The molecule has 8 heteroatoms.